The molecule has 1 aromatic heterocycles. The number of hydrogen-bond acceptors (Lipinski definition) is 2. The standard InChI is InChI=1S/C10H16N2O/c1-6(2)5-9-11-8(4)7(3)10(13)12-9/h6H,5H2,1-4H3,(H,11,12,13). The number of aromatic nitrogens is 2. The van der Waals surface area contributed by atoms with E-state index in [1.807, 2.05) is 6.92 Å². The zero-order valence-electron chi connectivity index (χ0n) is 8.64. The maximum atomic E-state index is 11.3. The summed E-state index contributed by atoms with van der Waals surface area (Å²) in [5.74, 6) is 1.31. The summed E-state index contributed by atoms with van der Waals surface area (Å²) in [7, 11) is 0. The van der Waals surface area contributed by atoms with E-state index in [0.717, 1.165) is 17.9 Å². The number of aromatic amines is 1. The third kappa shape index (κ3) is 2.41. The Balaban J connectivity index is 3.06. The van der Waals surface area contributed by atoms with Gasteiger partial charge in [-0.05, 0) is 19.8 Å². The normalized spacial score (nSPS) is 10.8. The highest BCUT2D eigenvalue weighted by atomic mass is 16.1. The van der Waals surface area contributed by atoms with Crippen LogP contribution in [0.3, 0.4) is 0 Å². The highest BCUT2D eigenvalue weighted by Crippen LogP contribution is 2.03. The third-order valence-electron chi connectivity index (χ3n) is 2.05. The summed E-state index contributed by atoms with van der Waals surface area (Å²) < 4.78 is 0. The van der Waals surface area contributed by atoms with Gasteiger partial charge in [-0.25, -0.2) is 4.98 Å². The van der Waals surface area contributed by atoms with Crippen LogP contribution >= 0.6 is 0 Å². The van der Waals surface area contributed by atoms with Crippen molar-refractivity contribution in [1.29, 1.82) is 0 Å². The van der Waals surface area contributed by atoms with E-state index >= 15 is 0 Å². The molecule has 0 unspecified atom stereocenters. The summed E-state index contributed by atoms with van der Waals surface area (Å²) in [4.78, 5) is 18.4. The van der Waals surface area contributed by atoms with Crippen molar-refractivity contribution in [2.45, 2.75) is 34.1 Å². The Morgan fingerprint density at radius 2 is 2.00 bits per heavy atom. The second kappa shape index (κ2) is 3.73. The molecule has 0 aliphatic heterocycles. The van der Waals surface area contributed by atoms with Gasteiger partial charge >= 0.3 is 0 Å². The second-order valence-electron chi connectivity index (χ2n) is 3.82. The molecule has 13 heavy (non-hydrogen) atoms. The summed E-state index contributed by atoms with van der Waals surface area (Å²) in [6.07, 6.45) is 0.830. The van der Waals surface area contributed by atoms with E-state index in [-0.39, 0.29) is 5.56 Å². The van der Waals surface area contributed by atoms with Gasteiger partial charge in [0.1, 0.15) is 5.82 Å². The fourth-order valence-corrected chi connectivity index (χ4v) is 1.19. The molecular formula is C10H16N2O. The molecule has 0 aliphatic rings. The van der Waals surface area contributed by atoms with E-state index in [1.165, 1.54) is 0 Å². The van der Waals surface area contributed by atoms with Crippen molar-refractivity contribution in [1.82, 2.24) is 9.97 Å². The Bertz CT molecular complexity index is 352. The number of hydrogen-bond donors (Lipinski definition) is 1. The largest absolute Gasteiger partial charge is 0.310 e. The lowest BCUT2D eigenvalue weighted by molar-refractivity contribution is 0.616. The maximum Gasteiger partial charge on any atom is 0.254 e. The molecule has 0 amide bonds. The van der Waals surface area contributed by atoms with Gasteiger partial charge in [0.25, 0.3) is 5.56 Å². The van der Waals surface area contributed by atoms with Gasteiger partial charge in [-0.1, -0.05) is 13.8 Å². The minimum Gasteiger partial charge on any atom is -0.310 e. The number of rotatable bonds is 2. The van der Waals surface area contributed by atoms with E-state index in [1.54, 1.807) is 6.92 Å². The molecule has 1 N–H and O–H groups in total. The molecule has 0 spiro atoms. The molecule has 1 rings (SSSR count). The van der Waals surface area contributed by atoms with E-state index < -0.39 is 0 Å². The van der Waals surface area contributed by atoms with Gasteiger partial charge in [0.15, 0.2) is 0 Å². The molecule has 0 atom stereocenters. The van der Waals surface area contributed by atoms with E-state index in [0.29, 0.717) is 11.5 Å². The molecule has 3 heteroatoms. The van der Waals surface area contributed by atoms with Crippen molar-refractivity contribution >= 4 is 0 Å². The van der Waals surface area contributed by atoms with Crippen molar-refractivity contribution in [2.24, 2.45) is 5.92 Å². The maximum absolute atomic E-state index is 11.3. The van der Waals surface area contributed by atoms with Crippen LogP contribution in [0, 0.1) is 19.8 Å². The fraction of sp³-hybridized carbons (Fsp3) is 0.600. The zero-order chi connectivity index (χ0) is 10.0. The van der Waals surface area contributed by atoms with Crippen LogP contribution < -0.4 is 5.56 Å². The number of H-pyrrole nitrogens is 1. The first-order valence-electron chi connectivity index (χ1n) is 4.57. The van der Waals surface area contributed by atoms with Crippen LogP contribution in [0.1, 0.15) is 30.9 Å². The van der Waals surface area contributed by atoms with Crippen LogP contribution in [0.25, 0.3) is 0 Å². The Kier molecular flexibility index (Phi) is 2.86. The Morgan fingerprint density at radius 3 is 2.46 bits per heavy atom. The Labute approximate surface area is 78.2 Å². The monoisotopic (exact) mass is 180 g/mol. The van der Waals surface area contributed by atoms with Gasteiger partial charge in [-0.3, -0.25) is 4.79 Å². The summed E-state index contributed by atoms with van der Waals surface area (Å²) in [5, 5.41) is 0. The van der Waals surface area contributed by atoms with Gasteiger partial charge in [0.2, 0.25) is 0 Å². The van der Waals surface area contributed by atoms with Gasteiger partial charge in [-0.2, -0.15) is 0 Å². The number of nitrogens with zero attached hydrogens (tertiary/aromatic N) is 1. The average Bonchev–Trinajstić information content (AvgIpc) is 1.98. The van der Waals surface area contributed by atoms with Gasteiger partial charge in [-0.15, -0.1) is 0 Å². The molecule has 0 fully saturated rings. The summed E-state index contributed by atoms with van der Waals surface area (Å²) in [6, 6.07) is 0. The van der Waals surface area contributed by atoms with E-state index in [4.69, 9.17) is 0 Å². The van der Waals surface area contributed by atoms with Crippen molar-refractivity contribution in [3.8, 4) is 0 Å². The Morgan fingerprint density at radius 1 is 1.38 bits per heavy atom. The van der Waals surface area contributed by atoms with Crippen molar-refractivity contribution < 1.29 is 0 Å². The smallest absolute Gasteiger partial charge is 0.254 e. The molecule has 0 saturated carbocycles. The van der Waals surface area contributed by atoms with Crippen LogP contribution in [0.5, 0.6) is 0 Å². The summed E-state index contributed by atoms with van der Waals surface area (Å²) in [6.45, 7) is 7.87. The quantitative estimate of drug-likeness (QED) is 0.751. The lowest BCUT2D eigenvalue weighted by Crippen LogP contribution is -2.17. The first kappa shape index (κ1) is 9.96. The molecule has 0 aromatic carbocycles. The summed E-state index contributed by atoms with van der Waals surface area (Å²) in [5.41, 5.74) is 1.54. The van der Waals surface area contributed by atoms with E-state index in [9.17, 15) is 4.79 Å². The minimum atomic E-state index is -0.0110. The van der Waals surface area contributed by atoms with Crippen LogP contribution in [0.2, 0.25) is 0 Å². The van der Waals surface area contributed by atoms with Gasteiger partial charge in [0.05, 0.1) is 0 Å². The van der Waals surface area contributed by atoms with Gasteiger partial charge < -0.3 is 4.98 Å². The zero-order valence-corrected chi connectivity index (χ0v) is 8.64. The topological polar surface area (TPSA) is 45.8 Å². The lowest BCUT2D eigenvalue weighted by Gasteiger charge is -2.05. The molecule has 0 saturated heterocycles. The predicted molar refractivity (Wildman–Crippen MR) is 52.9 cm³/mol. The lowest BCUT2D eigenvalue weighted by atomic mass is 10.1. The number of aryl methyl sites for hydroxylation is 1. The minimum absolute atomic E-state index is 0.0110. The predicted octanol–water partition coefficient (Wildman–Crippen LogP) is 1.59. The SMILES string of the molecule is Cc1nc(CC(C)C)[nH]c(=O)c1C. The van der Waals surface area contributed by atoms with Crippen molar-refractivity contribution in [3.63, 3.8) is 0 Å². The highest BCUT2D eigenvalue weighted by Gasteiger charge is 2.04. The molecule has 1 heterocycles. The van der Waals surface area contributed by atoms with Crippen LogP contribution in [-0.2, 0) is 6.42 Å². The number of nitrogens with one attached hydrogen (secondary N) is 1. The molecular weight excluding hydrogens is 164 g/mol. The van der Waals surface area contributed by atoms with E-state index in [2.05, 4.69) is 23.8 Å². The molecule has 0 radical (unpaired) electrons. The molecule has 1 aromatic rings. The van der Waals surface area contributed by atoms with Gasteiger partial charge in [0, 0.05) is 17.7 Å². The van der Waals surface area contributed by atoms with Crippen LogP contribution in [-0.4, -0.2) is 9.97 Å². The molecule has 0 bridgehead atoms. The summed E-state index contributed by atoms with van der Waals surface area (Å²) >= 11 is 0. The second-order valence-corrected chi connectivity index (χ2v) is 3.82. The average molecular weight is 180 g/mol. The van der Waals surface area contributed by atoms with Crippen molar-refractivity contribution in [2.75, 3.05) is 0 Å². The molecule has 3 nitrogen and oxygen atoms in total. The first-order valence-corrected chi connectivity index (χ1v) is 4.57. The van der Waals surface area contributed by atoms with Crippen molar-refractivity contribution in [3.05, 3.63) is 27.4 Å². The Hall–Kier alpha value is -1.12. The molecule has 72 valence electrons. The molecule has 0 aliphatic carbocycles. The van der Waals surface area contributed by atoms with Crippen LogP contribution in [0.4, 0.5) is 0 Å². The highest BCUT2D eigenvalue weighted by molar-refractivity contribution is 5.14. The fourth-order valence-electron chi connectivity index (χ4n) is 1.19. The van der Waals surface area contributed by atoms with Crippen LogP contribution in [0.15, 0.2) is 4.79 Å². The first-order chi connectivity index (χ1) is 6.00. The third-order valence-corrected chi connectivity index (χ3v) is 2.05.